The van der Waals surface area contributed by atoms with E-state index in [1.165, 1.54) is 17.9 Å². The Morgan fingerprint density at radius 1 is 1.70 bits per heavy atom. The summed E-state index contributed by atoms with van der Waals surface area (Å²) in [6.07, 6.45) is 3.32. The Bertz CT molecular complexity index is 211. The molecule has 1 saturated heterocycles. The smallest absolute Gasteiger partial charge is 0.0538 e. The van der Waals surface area contributed by atoms with Crippen molar-refractivity contribution in [1.82, 2.24) is 4.98 Å². The van der Waals surface area contributed by atoms with Gasteiger partial charge in [0.1, 0.15) is 0 Å². The van der Waals surface area contributed by atoms with Crippen molar-refractivity contribution in [3.8, 4) is 0 Å². The van der Waals surface area contributed by atoms with Crippen LogP contribution in [0.5, 0.6) is 0 Å². The summed E-state index contributed by atoms with van der Waals surface area (Å²) in [5, 5.41) is 0. The van der Waals surface area contributed by atoms with E-state index in [-0.39, 0.29) is 0 Å². The van der Waals surface area contributed by atoms with Gasteiger partial charge < -0.3 is 4.98 Å². The SMILES string of the molecule is CC1(c2ccc[nH]2)CCS1. The van der Waals surface area contributed by atoms with Gasteiger partial charge in [0.25, 0.3) is 0 Å². The Kier molecular flexibility index (Phi) is 1.31. The first-order valence-electron chi connectivity index (χ1n) is 3.59. The van der Waals surface area contributed by atoms with Crippen LogP contribution >= 0.6 is 11.8 Å². The fourth-order valence-corrected chi connectivity index (χ4v) is 2.38. The van der Waals surface area contributed by atoms with Crippen molar-refractivity contribution in [3.63, 3.8) is 0 Å². The summed E-state index contributed by atoms with van der Waals surface area (Å²) < 4.78 is 0.406. The van der Waals surface area contributed by atoms with Crippen molar-refractivity contribution in [2.45, 2.75) is 18.1 Å². The lowest BCUT2D eigenvalue weighted by molar-refractivity contribution is 0.610. The van der Waals surface area contributed by atoms with Gasteiger partial charge in [0.2, 0.25) is 0 Å². The van der Waals surface area contributed by atoms with E-state index >= 15 is 0 Å². The third kappa shape index (κ3) is 0.788. The second-order valence-corrected chi connectivity index (χ2v) is 4.51. The van der Waals surface area contributed by atoms with Gasteiger partial charge in [-0.05, 0) is 31.2 Å². The summed E-state index contributed by atoms with van der Waals surface area (Å²) in [6.45, 7) is 2.30. The van der Waals surface area contributed by atoms with Gasteiger partial charge in [-0.25, -0.2) is 0 Å². The highest BCUT2D eigenvalue weighted by Crippen LogP contribution is 2.47. The Morgan fingerprint density at radius 3 is 2.90 bits per heavy atom. The summed E-state index contributed by atoms with van der Waals surface area (Å²) in [5.41, 5.74) is 1.38. The van der Waals surface area contributed by atoms with Crippen LogP contribution in [-0.2, 0) is 4.75 Å². The third-order valence-corrected chi connectivity index (χ3v) is 3.64. The van der Waals surface area contributed by atoms with E-state index in [1.54, 1.807) is 0 Å². The summed E-state index contributed by atoms with van der Waals surface area (Å²) in [5.74, 6) is 1.32. The first kappa shape index (κ1) is 6.35. The molecule has 0 radical (unpaired) electrons. The standard InChI is InChI=1S/C8H11NS/c1-8(4-6-10-8)7-3-2-5-9-7/h2-3,5,9H,4,6H2,1H3. The summed E-state index contributed by atoms with van der Waals surface area (Å²) >= 11 is 2.03. The molecule has 1 fully saturated rings. The molecule has 2 heteroatoms. The first-order chi connectivity index (χ1) is 4.81. The van der Waals surface area contributed by atoms with Gasteiger partial charge in [-0.2, -0.15) is 0 Å². The van der Waals surface area contributed by atoms with Crippen LogP contribution in [0.3, 0.4) is 0 Å². The predicted molar refractivity (Wildman–Crippen MR) is 45.2 cm³/mol. The van der Waals surface area contributed by atoms with Crippen molar-refractivity contribution >= 4 is 11.8 Å². The van der Waals surface area contributed by atoms with Gasteiger partial charge in [-0.1, -0.05) is 0 Å². The first-order valence-corrected chi connectivity index (χ1v) is 4.58. The van der Waals surface area contributed by atoms with Crippen molar-refractivity contribution in [3.05, 3.63) is 24.0 Å². The second-order valence-electron chi connectivity index (χ2n) is 2.91. The van der Waals surface area contributed by atoms with Crippen LogP contribution in [0.1, 0.15) is 19.0 Å². The fraction of sp³-hybridized carbons (Fsp3) is 0.500. The molecule has 1 aliphatic rings. The largest absolute Gasteiger partial charge is 0.364 e. The minimum atomic E-state index is 0.406. The zero-order chi connectivity index (χ0) is 7.03. The number of hydrogen-bond donors (Lipinski definition) is 1. The molecule has 1 aromatic heterocycles. The Balaban J connectivity index is 2.27. The van der Waals surface area contributed by atoms with Crippen LogP contribution in [0.15, 0.2) is 18.3 Å². The van der Waals surface area contributed by atoms with Gasteiger partial charge in [0.15, 0.2) is 0 Å². The van der Waals surface area contributed by atoms with Crippen LogP contribution < -0.4 is 0 Å². The third-order valence-electron chi connectivity index (χ3n) is 2.17. The summed E-state index contributed by atoms with van der Waals surface area (Å²) in [7, 11) is 0. The van der Waals surface area contributed by atoms with Crippen molar-refractivity contribution < 1.29 is 0 Å². The van der Waals surface area contributed by atoms with Crippen molar-refractivity contribution in [1.29, 1.82) is 0 Å². The molecule has 0 bridgehead atoms. The number of aromatic nitrogens is 1. The number of thioether (sulfide) groups is 1. The number of hydrogen-bond acceptors (Lipinski definition) is 1. The monoisotopic (exact) mass is 153 g/mol. The van der Waals surface area contributed by atoms with E-state index in [4.69, 9.17) is 0 Å². The van der Waals surface area contributed by atoms with E-state index in [0.717, 1.165) is 0 Å². The highest BCUT2D eigenvalue weighted by molar-refractivity contribution is 8.01. The van der Waals surface area contributed by atoms with E-state index in [0.29, 0.717) is 4.75 Å². The van der Waals surface area contributed by atoms with Gasteiger partial charge in [-0.3, -0.25) is 0 Å². The molecule has 0 spiro atoms. The maximum absolute atomic E-state index is 3.26. The Hall–Kier alpha value is -0.370. The van der Waals surface area contributed by atoms with Crippen LogP contribution in [0, 0.1) is 0 Å². The quantitative estimate of drug-likeness (QED) is 0.655. The molecule has 1 unspecified atom stereocenters. The summed E-state index contributed by atoms with van der Waals surface area (Å²) in [6, 6.07) is 4.24. The predicted octanol–water partition coefficient (Wildman–Crippen LogP) is 2.37. The second kappa shape index (κ2) is 2.06. The minimum Gasteiger partial charge on any atom is -0.364 e. The Labute approximate surface area is 65.2 Å². The number of H-pyrrole nitrogens is 1. The van der Waals surface area contributed by atoms with Gasteiger partial charge in [-0.15, -0.1) is 11.8 Å². The molecular formula is C8H11NS. The topological polar surface area (TPSA) is 15.8 Å². The molecule has 0 aromatic carbocycles. The Morgan fingerprint density at radius 2 is 2.50 bits per heavy atom. The average molecular weight is 153 g/mol. The lowest BCUT2D eigenvalue weighted by Gasteiger charge is -2.36. The molecule has 1 atom stereocenters. The van der Waals surface area contributed by atoms with Gasteiger partial charge in [0.05, 0.1) is 4.75 Å². The molecule has 10 heavy (non-hydrogen) atoms. The maximum Gasteiger partial charge on any atom is 0.0538 e. The molecule has 0 aliphatic carbocycles. The van der Waals surface area contributed by atoms with Crippen LogP contribution in [0.2, 0.25) is 0 Å². The molecule has 1 N–H and O–H groups in total. The highest BCUT2D eigenvalue weighted by atomic mass is 32.2. The number of rotatable bonds is 1. The lowest BCUT2D eigenvalue weighted by Crippen LogP contribution is -2.27. The van der Waals surface area contributed by atoms with Gasteiger partial charge >= 0.3 is 0 Å². The summed E-state index contributed by atoms with van der Waals surface area (Å²) in [4.78, 5) is 3.26. The van der Waals surface area contributed by atoms with Crippen molar-refractivity contribution in [2.75, 3.05) is 5.75 Å². The van der Waals surface area contributed by atoms with E-state index in [9.17, 15) is 0 Å². The normalized spacial score (nSPS) is 31.7. The van der Waals surface area contributed by atoms with Crippen molar-refractivity contribution in [2.24, 2.45) is 0 Å². The molecule has 2 rings (SSSR count). The molecule has 0 saturated carbocycles. The number of aromatic amines is 1. The fourth-order valence-electron chi connectivity index (χ4n) is 1.28. The molecule has 0 amide bonds. The minimum absolute atomic E-state index is 0.406. The van der Waals surface area contributed by atoms with Crippen LogP contribution in [0.4, 0.5) is 0 Å². The lowest BCUT2D eigenvalue weighted by atomic mass is 10.0. The van der Waals surface area contributed by atoms with E-state index in [2.05, 4.69) is 24.0 Å². The highest BCUT2D eigenvalue weighted by Gasteiger charge is 2.35. The maximum atomic E-state index is 3.26. The zero-order valence-corrected chi connectivity index (χ0v) is 6.87. The molecule has 1 aliphatic heterocycles. The molecule has 2 heterocycles. The molecule has 54 valence electrons. The van der Waals surface area contributed by atoms with Gasteiger partial charge in [0, 0.05) is 11.9 Å². The number of nitrogens with one attached hydrogen (secondary N) is 1. The zero-order valence-electron chi connectivity index (χ0n) is 6.05. The average Bonchev–Trinajstić information content (AvgIpc) is 2.33. The molecule has 1 aromatic rings. The molecule has 1 nitrogen and oxygen atoms in total. The van der Waals surface area contributed by atoms with Crippen LogP contribution in [-0.4, -0.2) is 10.7 Å². The van der Waals surface area contributed by atoms with E-state index in [1.807, 2.05) is 18.0 Å². The molecular weight excluding hydrogens is 142 g/mol. The van der Waals surface area contributed by atoms with E-state index < -0.39 is 0 Å². The van der Waals surface area contributed by atoms with Crippen LogP contribution in [0.25, 0.3) is 0 Å².